The number of nitrogens with zero attached hydrogens (tertiary/aromatic N) is 3. The second-order valence-electron chi connectivity index (χ2n) is 6.23. The molecule has 1 amide bonds. The molecule has 2 aliphatic heterocycles. The van der Waals surface area contributed by atoms with Gasteiger partial charge in [0.25, 0.3) is 0 Å². The summed E-state index contributed by atoms with van der Waals surface area (Å²) in [5, 5.41) is 0. The predicted molar refractivity (Wildman–Crippen MR) is 86.3 cm³/mol. The Balaban J connectivity index is 1.52. The van der Waals surface area contributed by atoms with Gasteiger partial charge >= 0.3 is 0 Å². The lowest BCUT2D eigenvalue weighted by atomic mass is 10.2. The molecule has 3 heterocycles. The Bertz CT molecular complexity index is 511. The first kappa shape index (κ1) is 16.2. The lowest BCUT2D eigenvalue weighted by molar-refractivity contribution is -0.127. The fourth-order valence-corrected chi connectivity index (χ4v) is 3.37. The third-order valence-corrected chi connectivity index (χ3v) is 4.73. The van der Waals surface area contributed by atoms with E-state index in [1.54, 1.807) is 19.5 Å². The van der Waals surface area contributed by atoms with Crippen LogP contribution in [0.4, 0.5) is 0 Å². The number of hydrogen-bond donors (Lipinski definition) is 0. The number of carbonyl (C=O) groups excluding carboxylic acids is 1. The zero-order valence-electron chi connectivity index (χ0n) is 13.7. The van der Waals surface area contributed by atoms with Gasteiger partial charge in [-0.2, -0.15) is 0 Å². The summed E-state index contributed by atoms with van der Waals surface area (Å²) >= 11 is 0. The monoisotopic (exact) mass is 319 g/mol. The number of ether oxygens (including phenoxy) is 2. The molecule has 6 nitrogen and oxygen atoms in total. The average molecular weight is 319 g/mol. The molecule has 23 heavy (non-hydrogen) atoms. The number of methoxy groups -OCH3 is 1. The van der Waals surface area contributed by atoms with Gasteiger partial charge in [0.1, 0.15) is 12.4 Å². The molecule has 2 atom stereocenters. The van der Waals surface area contributed by atoms with E-state index in [9.17, 15) is 4.79 Å². The van der Waals surface area contributed by atoms with Crippen molar-refractivity contribution in [3.05, 3.63) is 24.5 Å². The minimum Gasteiger partial charge on any atom is -0.490 e. The Hall–Kier alpha value is -1.66. The summed E-state index contributed by atoms with van der Waals surface area (Å²) in [5.41, 5.74) is 0. The summed E-state index contributed by atoms with van der Waals surface area (Å²) in [7, 11) is 1.76. The lowest BCUT2D eigenvalue weighted by Gasteiger charge is -2.26. The Morgan fingerprint density at radius 3 is 3.00 bits per heavy atom. The van der Waals surface area contributed by atoms with E-state index in [4.69, 9.17) is 9.47 Å². The van der Waals surface area contributed by atoms with E-state index in [0.29, 0.717) is 19.1 Å². The largest absolute Gasteiger partial charge is 0.490 e. The highest BCUT2D eigenvalue weighted by Gasteiger charge is 2.33. The molecule has 2 saturated heterocycles. The maximum Gasteiger partial charge on any atom is 0.222 e. The third kappa shape index (κ3) is 4.20. The van der Waals surface area contributed by atoms with Crippen LogP contribution in [0.3, 0.4) is 0 Å². The Labute approximate surface area is 137 Å². The van der Waals surface area contributed by atoms with Crippen LogP contribution in [-0.4, -0.2) is 72.7 Å². The summed E-state index contributed by atoms with van der Waals surface area (Å²) in [5.74, 6) is 1.08. The fraction of sp³-hybridized carbons (Fsp3) is 0.647. The van der Waals surface area contributed by atoms with Crippen molar-refractivity contribution >= 4 is 5.91 Å². The molecule has 0 aromatic carbocycles. The van der Waals surface area contributed by atoms with Crippen LogP contribution < -0.4 is 4.74 Å². The number of amides is 1. The minimum absolute atomic E-state index is 0.242. The smallest absolute Gasteiger partial charge is 0.222 e. The topological polar surface area (TPSA) is 54.9 Å². The van der Waals surface area contributed by atoms with Gasteiger partial charge in [0, 0.05) is 51.9 Å². The SMILES string of the molecule is CO[C@@H]1C[C@@H](COc2cccnc2)N(CCN2CCCC2=O)C1. The molecule has 0 spiro atoms. The Morgan fingerprint density at radius 2 is 2.30 bits per heavy atom. The van der Waals surface area contributed by atoms with E-state index in [1.165, 1.54) is 0 Å². The number of carbonyl (C=O) groups is 1. The molecule has 2 aliphatic rings. The van der Waals surface area contributed by atoms with Gasteiger partial charge in [0.05, 0.1) is 12.3 Å². The van der Waals surface area contributed by atoms with Gasteiger partial charge in [-0.15, -0.1) is 0 Å². The molecule has 0 unspecified atom stereocenters. The molecule has 2 fully saturated rings. The number of aromatic nitrogens is 1. The minimum atomic E-state index is 0.242. The molecule has 6 heteroatoms. The van der Waals surface area contributed by atoms with Gasteiger partial charge in [0.2, 0.25) is 5.91 Å². The number of pyridine rings is 1. The van der Waals surface area contributed by atoms with Crippen LogP contribution in [0, 0.1) is 0 Å². The van der Waals surface area contributed by atoms with Crippen LogP contribution in [0.1, 0.15) is 19.3 Å². The second-order valence-corrected chi connectivity index (χ2v) is 6.23. The van der Waals surface area contributed by atoms with E-state index < -0.39 is 0 Å². The summed E-state index contributed by atoms with van der Waals surface area (Å²) in [4.78, 5) is 20.2. The molecular weight excluding hydrogens is 294 g/mol. The summed E-state index contributed by atoms with van der Waals surface area (Å²) < 4.78 is 11.4. The Kier molecular flexibility index (Phi) is 5.46. The Morgan fingerprint density at radius 1 is 1.39 bits per heavy atom. The molecule has 126 valence electrons. The lowest BCUT2D eigenvalue weighted by Crippen LogP contribution is -2.40. The highest BCUT2D eigenvalue weighted by atomic mass is 16.5. The molecule has 3 rings (SSSR count). The van der Waals surface area contributed by atoms with Crippen molar-refractivity contribution < 1.29 is 14.3 Å². The van der Waals surface area contributed by atoms with Gasteiger partial charge in [0.15, 0.2) is 0 Å². The molecule has 0 aliphatic carbocycles. The summed E-state index contributed by atoms with van der Waals surface area (Å²) in [6.45, 7) is 4.11. The average Bonchev–Trinajstić information content (AvgIpc) is 3.17. The predicted octanol–water partition coefficient (Wildman–Crippen LogP) is 1.17. The van der Waals surface area contributed by atoms with E-state index >= 15 is 0 Å². The first-order chi connectivity index (χ1) is 11.3. The van der Waals surface area contributed by atoms with Crippen LogP contribution in [0.5, 0.6) is 5.75 Å². The maximum atomic E-state index is 11.7. The van der Waals surface area contributed by atoms with Crippen LogP contribution in [0.15, 0.2) is 24.5 Å². The normalized spacial score (nSPS) is 25.3. The van der Waals surface area contributed by atoms with E-state index in [-0.39, 0.29) is 12.0 Å². The van der Waals surface area contributed by atoms with Crippen molar-refractivity contribution in [3.63, 3.8) is 0 Å². The van der Waals surface area contributed by atoms with Crippen molar-refractivity contribution in [2.45, 2.75) is 31.4 Å². The van der Waals surface area contributed by atoms with Crippen LogP contribution >= 0.6 is 0 Å². The molecule has 0 saturated carbocycles. The maximum absolute atomic E-state index is 11.7. The zero-order valence-corrected chi connectivity index (χ0v) is 13.7. The van der Waals surface area contributed by atoms with E-state index in [0.717, 1.165) is 44.8 Å². The highest BCUT2D eigenvalue weighted by molar-refractivity contribution is 5.78. The van der Waals surface area contributed by atoms with Gasteiger partial charge in [-0.05, 0) is 25.0 Å². The second kappa shape index (κ2) is 7.75. The van der Waals surface area contributed by atoms with Crippen molar-refractivity contribution in [3.8, 4) is 5.75 Å². The zero-order chi connectivity index (χ0) is 16.1. The van der Waals surface area contributed by atoms with E-state index in [1.807, 2.05) is 17.0 Å². The summed E-state index contributed by atoms with van der Waals surface area (Å²) in [6, 6.07) is 4.11. The molecular formula is C17H25N3O3. The van der Waals surface area contributed by atoms with Gasteiger partial charge in [-0.1, -0.05) is 0 Å². The van der Waals surface area contributed by atoms with Gasteiger partial charge in [-0.3, -0.25) is 14.7 Å². The number of likely N-dealkylation sites (tertiary alicyclic amines) is 2. The van der Waals surface area contributed by atoms with E-state index in [2.05, 4.69) is 9.88 Å². The summed E-state index contributed by atoms with van der Waals surface area (Å²) in [6.07, 6.45) is 6.37. The van der Waals surface area contributed by atoms with Crippen molar-refractivity contribution in [2.75, 3.05) is 39.9 Å². The first-order valence-corrected chi connectivity index (χ1v) is 8.33. The highest BCUT2D eigenvalue weighted by Crippen LogP contribution is 2.21. The molecule has 0 bridgehead atoms. The fourth-order valence-electron chi connectivity index (χ4n) is 3.37. The molecule has 1 aromatic rings. The third-order valence-electron chi connectivity index (χ3n) is 4.73. The quantitative estimate of drug-likeness (QED) is 0.755. The van der Waals surface area contributed by atoms with Crippen LogP contribution in [0.25, 0.3) is 0 Å². The number of rotatable bonds is 7. The standard InChI is InChI=1S/C17H25N3O3/c1-22-16-10-14(13-23-15-4-2-6-18-11-15)20(12-16)9-8-19-7-3-5-17(19)21/h2,4,6,11,14,16H,3,5,7-10,12-13H2,1H3/t14-,16+/m0/s1. The first-order valence-electron chi connectivity index (χ1n) is 8.33. The molecule has 0 N–H and O–H groups in total. The molecule has 1 aromatic heterocycles. The van der Waals surface area contributed by atoms with Crippen molar-refractivity contribution in [2.24, 2.45) is 0 Å². The van der Waals surface area contributed by atoms with Gasteiger partial charge in [-0.25, -0.2) is 0 Å². The van der Waals surface area contributed by atoms with Crippen LogP contribution in [0.2, 0.25) is 0 Å². The number of hydrogen-bond acceptors (Lipinski definition) is 5. The molecule has 0 radical (unpaired) electrons. The van der Waals surface area contributed by atoms with Gasteiger partial charge < -0.3 is 14.4 Å². The van der Waals surface area contributed by atoms with Crippen molar-refractivity contribution in [1.29, 1.82) is 0 Å². The van der Waals surface area contributed by atoms with Crippen LogP contribution in [-0.2, 0) is 9.53 Å². The van der Waals surface area contributed by atoms with Crippen molar-refractivity contribution in [1.82, 2.24) is 14.8 Å².